The van der Waals surface area contributed by atoms with Gasteiger partial charge in [-0.3, -0.25) is 4.98 Å². The molecule has 3 unspecified atom stereocenters. The standard InChI is InChI=1S/C18H30N2O/c1-13-6-7-16(10-14(13)2)21-17-8-9-19-11-15(17)12-20-18(3,4)5/h8-9,11,13-14,16,20H,6-7,10,12H2,1-5H3. The third kappa shape index (κ3) is 4.99. The van der Waals surface area contributed by atoms with Crippen LogP contribution in [-0.4, -0.2) is 16.6 Å². The maximum atomic E-state index is 6.29. The normalized spacial score (nSPS) is 26.6. The number of aromatic nitrogens is 1. The fourth-order valence-electron chi connectivity index (χ4n) is 2.81. The number of nitrogens with one attached hydrogen (secondary N) is 1. The van der Waals surface area contributed by atoms with Crippen molar-refractivity contribution in [3.8, 4) is 5.75 Å². The van der Waals surface area contributed by atoms with Crippen molar-refractivity contribution in [1.29, 1.82) is 0 Å². The van der Waals surface area contributed by atoms with Gasteiger partial charge >= 0.3 is 0 Å². The van der Waals surface area contributed by atoms with Crippen molar-refractivity contribution in [2.75, 3.05) is 0 Å². The summed E-state index contributed by atoms with van der Waals surface area (Å²) in [6.45, 7) is 12.0. The summed E-state index contributed by atoms with van der Waals surface area (Å²) in [5.41, 5.74) is 1.25. The molecule has 21 heavy (non-hydrogen) atoms. The van der Waals surface area contributed by atoms with E-state index < -0.39 is 0 Å². The summed E-state index contributed by atoms with van der Waals surface area (Å²) in [6, 6.07) is 2.00. The first-order valence-corrected chi connectivity index (χ1v) is 8.20. The predicted molar refractivity (Wildman–Crippen MR) is 87.4 cm³/mol. The van der Waals surface area contributed by atoms with Crippen LogP contribution in [0.15, 0.2) is 18.5 Å². The lowest BCUT2D eigenvalue weighted by molar-refractivity contribution is 0.0994. The zero-order valence-corrected chi connectivity index (χ0v) is 14.1. The first-order valence-electron chi connectivity index (χ1n) is 8.20. The van der Waals surface area contributed by atoms with Crippen molar-refractivity contribution < 1.29 is 4.74 Å². The smallest absolute Gasteiger partial charge is 0.127 e. The van der Waals surface area contributed by atoms with Crippen LogP contribution in [0.3, 0.4) is 0 Å². The van der Waals surface area contributed by atoms with E-state index in [1.54, 1.807) is 0 Å². The van der Waals surface area contributed by atoms with Gasteiger partial charge in [-0.05, 0) is 57.9 Å². The van der Waals surface area contributed by atoms with Gasteiger partial charge in [-0.2, -0.15) is 0 Å². The van der Waals surface area contributed by atoms with Crippen LogP contribution >= 0.6 is 0 Å². The van der Waals surface area contributed by atoms with E-state index in [9.17, 15) is 0 Å². The molecule has 0 saturated heterocycles. The van der Waals surface area contributed by atoms with Gasteiger partial charge in [0.1, 0.15) is 5.75 Å². The van der Waals surface area contributed by atoms with Crippen molar-refractivity contribution in [2.45, 2.75) is 72.1 Å². The number of nitrogens with zero attached hydrogens (tertiary/aromatic N) is 1. The number of ether oxygens (including phenoxy) is 1. The Bertz CT molecular complexity index is 453. The Kier molecular flexibility index (Phi) is 5.26. The Morgan fingerprint density at radius 3 is 2.67 bits per heavy atom. The van der Waals surface area contributed by atoms with Gasteiger partial charge in [-0.1, -0.05) is 13.8 Å². The predicted octanol–water partition coefficient (Wildman–Crippen LogP) is 4.17. The molecule has 118 valence electrons. The van der Waals surface area contributed by atoms with Crippen LogP contribution in [-0.2, 0) is 6.54 Å². The molecule has 0 aliphatic heterocycles. The van der Waals surface area contributed by atoms with Gasteiger partial charge in [0.25, 0.3) is 0 Å². The van der Waals surface area contributed by atoms with Gasteiger partial charge in [0.2, 0.25) is 0 Å². The quantitative estimate of drug-likeness (QED) is 0.903. The summed E-state index contributed by atoms with van der Waals surface area (Å²) in [5.74, 6) is 2.57. The lowest BCUT2D eigenvalue weighted by Gasteiger charge is -2.32. The van der Waals surface area contributed by atoms with E-state index in [-0.39, 0.29) is 5.54 Å². The van der Waals surface area contributed by atoms with E-state index in [2.05, 4.69) is 44.9 Å². The van der Waals surface area contributed by atoms with Crippen LogP contribution in [0.25, 0.3) is 0 Å². The summed E-state index contributed by atoms with van der Waals surface area (Å²) in [6.07, 6.45) is 7.70. The molecule has 2 rings (SSSR count). The minimum atomic E-state index is 0.0991. The van der Waals surface area contributed by atoms with Crippen molar-refractivity contribution >= 4 is 0 Å². The molecule has 0 radical (unpaired) electrons. The average molecular weight is 290 g/mol. The molecule has 3 heteroatoms. The van der Waals surface area contributed by atoms with Crippen LogP contribution in [0, 0.1) is 11.8 Å². The molecule has 1 saturated carbocycles. The lowest BCUT2D eigenvalue weighted by atomic mass is 9.80. The third-order valence-corrected chi connectivity index (χ3v) is 4.51. The third-order valence-electron chi connectivity index (χ3n) is 4.51. The minimum Gasteiger partial charge on any atom is -0.490 e. The van der Waals surface area contributed by atoms with Crippen molar-refractivity contribution in [2.24, 2.45) is 11.8 Å². The summed E-state index contributed by atoms with van der Waals surface area (Å²) in [4.78, 5) is 4.25. The molecule has 1 fully saturated rings. The Hall–Kier alpha value is -1.09. The molecule has 0 spiro atoms. The van der Waals surface area contributed by atoms with E-state index in [0.717, 1.165) is 36.1 Å². The van der Waals surface area contributed by atoms with Crippen LogP contribution in [0.2, 0.25) is 0 Å². The molecule has 1 aromatic rings. The number of rotatable bonds is 4. The summed E-state index contributed by atoms with van der Waals surface area (Å²) < 4.78 is 6.29. The van der Waals surface area contributed by atoms with Gasteiger partial charge < -0.3 is 10.1 Å². The number of hydrogen-bond acceptors (Lipinski definition) is 3. The van der Waals surface area contributed by atoms with Crippen LogP contribution in [0.5, 0.6) is 5.75 Å². The summed E-state index contributed by atoms with van der Waals surface area (Å²) >= 11 is 0. The lowest BCUT2D eigenvalue weighted by Crippen LogP contribution is -2.35. The van der Waals surface area contributed by atoms with E-state index in [4.69, 9.17) is 4.74 Å². The van der Waals surface area contributed by atoms with Crippen molar-refractivity contribution in [3.63, 3.8) is 0 Å². The largest absolute Gasteiger partial charge is 0.490 e. The highest BCUT2D eigenvalue weighted by atomic mass is 16.5. The second kappa shape index (κ2) is 6.78. The average Bonchev–Trinajstić information content (AvgIpc) is 2.41. The van der Waals surface area contributed by atoms with E-state index in [1.807, 2.05) is 18.5 Å². The zero-order valence-electron chi connectivity index (χ0n) is 14.1. The van der Waals surface area contributed by atoms with Crippen molar-refractivity contribution in [1.82, 2.24) is 10.3 Å². The number of pyridine rings is 1. The molecule has 1 aliphatic carbocycles. The molecular formula is C18H30N2O. The highest BCUT2D eigenvalue weighted by molar-refractivity contribution is 5.30. The van der Waals surface area contributed by atoms with Crippen molar-refractivity contribution in [3.05, 3.63) is 24.0 Å². The van der Waals surface area contributed by atoms with Crippen LogP contribution in [0.1, 0.15) is 59.4 Å². The molecule has 0 bridgehead atoms. The molecule has 1 heterocycles. The fraction of sp³-hybridized carbons (Fsp3) is 0.722. The van der Waals surface area contributed by atoms with Crippen LogP contribution < -0.4 is 10.1 Å². The zero-order chi connectivity index (χ0) is 15.5. The molecule has 1 aliphatic rings. The maximum Gasteiger partial charge on any atom is 0.127 e. The van der Waals surface area contributed by atoms with E-state index in [0.29, 0.717) is 6.10 Å². The molecule has 0 amide bonds. The highest BCUT2D eigenvalue weighted by Crippen LogP contribution is 2.32. The van der Waals surface area contributed by atoms with Gasteiger partial charge in [0, 0.05) is 30.0 Å². The van der Waals surface area contributed by atoms with Gasteiger partial charge in [-0.15, -0.1) is 0 Å². The molecule has 3 atom stereocenters. The second-order valence-electron chi connectivity index (χ2n) is 7.59. The Morgan fingerprint density at radius 2 is 2.00 bits per heavy atom. The molecule has 1 N–H and O–H groups in total. The van der Waals surface area contributed by atoms with E-state index >= 15 is 0 Å². The SMILES string of the molecule is CC1CCC(Oc2ccncc2CNC(C)(C)C)CC1C. The second-order valence-corrected chi connectivity index (χ2v) is 7.59. The summed E-state index contributed by atoms with van der Waals surface area (Å²) in [5, 5.41) is 3.51. The molecule has 3 nitrogen and oxygen atoms in total. The Balaban J connectivity index is 2.00. The number of hydrogen-bond donors (Lipinski definition) is 1. The maximum absolute atomic E-state index is 6.29. The van der Waals surface area contributed by atoms with Crippen LogP contribution in [0.4, 0.5) is 0 Å². The topological polar surface area (TPSA) is 34.1 Å². The molecule has 0 aromatic carbocycles. The summed E-state index contributed by atoms with van der Waals surface area (Å²) in [7, 11) is 0. The first-order chi connectivity index (χ1) is 9.85. The monoisotopic (exact) mass is 290 g/mol. The Labute approximate surface area is 129 Å². The first kappa shape index (κ1) is 16.3. The van der Waals surface area contributed by atoms with Gasteiger partial charge in [0.15, 0.2) is 0 Å². The fourth-order valence-corrected chi connectivity index (χ4v) is 2.81. The highest BCUT2D eigenvalue weighted by Gasteiger charge is 2.26. The molecule has 1 aromatic heterocycles. The van der Waals surface area contributed by atoms with E-state index in [1.165, 1.54) is 12.8 Å². The van der Waals surface area contributed by atoms with Gasteiger partial charge in [0.05, 0.1) is 6.10 Å². The Morgan fingerprint density at radius 1 is 1.24 bits per heavy atom. The van der Waals surface area contributed by atoms with Gasteiger partial charge in [-0.25, -0.2) is 0 Å². The molecular weight excluding hydrogens is 260 g/mol. The minimum absolute atomic E-state index is 0.0991.